The lowest BCUT2D eigenvalue weighted by Crippen LogP contribution is -2.49. The van der Waals surface area contributed by atoms with Crippen LogP contribution in [0.2, 0.25) is 0 Å². The van der Waals surface area contributed by atoms with Crippen molar-refractivity contribution in [2.45, 2.75) is 26.4 Å². The Morgan fingerprint density at radius 2 is 1.73 bits per heavy atom. The van der Waals surface area contributed by atoms with Crippen molar-refractivity contribution < 1.29 is 14.3 Å². The topological polar surface area (TPSA) is 96.1 Å². The molecule has 1 unspecified atom stereocenters. The molecule has 1 atom stereocenters. The Balaban J connectivity index is 1.59. The maximum absolute atomic E-state index is 12.7. The van der Waals surface area contributed by atoms with Crippen LogP contribution in [-0.4, -0.2) is 35.2 Å². The van der Waals surface area contributed by atoms with E-state index in [0.717, 1.165) is 16.8 Å². The molecule has 0 spiro atoms. The minimum Gasteiger partial charge on any atom is -0.497 e. The summed E-state index contributed by atoms with van der Waals surface area (Å²) in [4.78, 5) is 25.3. The van der Waals surface area contributed by atoms with E-state index in [-0.39, 0.29) is 17.7 Å². The highest BCUT2D eigenvalue weighted by Gasteiger charge is 2.24. The minimum atomic E-state index is -0.635. The van der Waals surface area contributed by atoms with E-state index in [1.54, 1.807) is 37.6 Å². The summed E-state index contributed by atoms with van der Waals surface area (Å²) >= 11 is 0. The zero-order valence-electron chi connectivity index (χ0n) is 17.3. The molecule has 2 aromatic carbocycles. The van der Waals surface area contributed by atoms with Crippen LogP contribution >= 0.6 is 0 Å². The maximum Gasteiger partial charge on any atom is 0.251 e. The lowest BCUT2D eigenvalue weighted by molar-refractivity contribution is -0.124. The first-order chi connectivity index (χ1) is 14.5. The fraction of sp³-hybridized carbons (Fsp3) is 0.261. The zero-order chi connectivity index (χ0) is 21.5. The van der Waals surface area contributed by atoms with Crippen LogP contribution < -0.4 is 15.4 Å². The van der Waals surface area contributed by atoms with Crippen molar-refractivity contribution in [1.29, 1.82) is 0 Å². The molecule has 0 saturated heterocycles. The van der Waals surface area contributed by atoms with E-state index in [9.17, 15) is 9.59 Å². The number of hydrogen-bond acceptors (Lipinski definition) is 4. The fourth-order valence-corrected chi connectivity index (χ4v) is 3.02. The molecule has 156 valence electrons. The molecule has 1 heterocycles. The Morgan fingerprint density at radius 1 is 1.03 bits per heavy atom. The Bertz CT molecular complexity index is 965. The van der Waals surface area contributed by atoms with Gasteiger partial charge in [0.05, 0.1) is 12.8 Å². The molecule has 30 heavy (non-hydrogen) atoms. The Kier molecular flexibility index (Phi) is 6.85. The van der Waals surface area contributed by atoms with Gasteiger partial charge in [-0.05, 0) is 47.4 Å². The van der Waals surface area contributed by atoms with Gasteiger partial charge in [0.1, 0.15) is 11.8 Å². The molecule has 0 aliphatic carbocycles. The summed E-state index contributed by atoms with van der Waals surface area (Å²) in [7, 11) is 1.57. The summed E-state index contributed by atoms with van der Waals surface area (Å²) in [5.41, 5.74) is 3.40. The number of carbonyl (C=O) groups is 2. The number of benzene rings is 2. The number of nitrogens with one attached hydrogen (secondary N) is 3. The number of aromatic nitrogens is 2. The van der Waals surface area contributed by atoms with Gasteiger partial charge in [-0.1, -0.05) is 38.1 Å². The van der Waals surface area contributed by atoms with E-state index in [1.165, 1.54) is 0 Å². The van der Waals surface area contributed by atoms with Gasteiger partial charge in [0.15, 0.2) is 0 Å². The summed E-state index contributed by atoms with van der Waals surface area (Å²) in [6, 6.07) is 15.9. The summed E-state index contributed by atoms with van der Waals surface area (Å²) in [5.74, 6) is 0.0955. The monoisotopic (exact) mass is 406 g/mol. The van der Waals surface area contributed by atoms with Crippen LogP contribution in [0.15, 0.2) is 60.8 Å². The fourth-order valence-electron chi connectivity index (χ4n) is 3.02. The van der Waals surface area contributed by atoms with Gasteiger partial charge in [0.25, 0.3) is 5.91 Å². The van der Waals surface area contributed by atoms with Crippen molar-refractivity contribution in [2.24, 2.45) is 5.92 Å². The van der Waals surface area contributed by atoms with Gasteiger partial charge < -0.3 is 15.4 Å². The standard InChI is InChI=1S/C23H26N4O3/c1-15(2)21(26-22(28)18-8-10-19(30-3)11-9-18)23(29)24-14-16-4-6-17(7-5-16)20-12-13-25-27-20/h4-13,15,21H,14H2,1-3H3,(H,24,29)(H,25,27)(H,26,28). The molecule has 2 amide bonds. The third-order valence-corrected chi connectivity index (χ3v) is 4.82. The first-order valence-electron chi connectivity index (χ1n) is 9.79. The van der Waals surface area contributed by atoms with E-state index in [1.807, 2.05) is 44.2 Å². The third kappa shape index (κ3) is 5.26. The molecule has 7 nitrogen and oxygen atoms in total. The average molecular weight is 406 g/mol. The molecular formula is C23H26N4O3. The maximum atomic E-state index is 12.7. The van der Waals surface area contributed by atoms with Crippen LogP contribution in [0.4, 0.5) is 0 Å². The zero-order valence-corrected chi connectivity index (χ0v) is 17.3. The number of methoxy groups -OCH3 is 1. The lowest BCUT2D eigenvalue weighted by atomic mass is 10.0. The van der Waals surface area contributed by atoms with E-state index in [2.05, 4.69) is 20.8 Å². The van der Waals surface area contributed by atoms with Crippen LogP contribution in [0.25, 0.3) is 11.3 Å². The van der Waals surface area contributed by atoms with Crippen LogP contribution in [0.1, 0.15) is 29.8 Å². The predicted octanol–water partition coefficient (Wildman–Crippen LogP) is 3.16. The van der Waals surface area contributed by atoms with Crippen molar-refractivity contribution in [3.05, 3.63) is 71.9 Å². The van der Waals surface area contributed by atoms with E-state index < -0.39 is 6.04 Å². The van der Waals surface area contributed by atoms with Crippen molar-refractivity contribution >= 4 is 11.8 Å². The van der Waals surface area contributed by atoms with Crippen LogP contribution in [-0.2, 0) is 11.3 Å². The molecule has 3 aromatic rings. The van der Waals surface area contributed by atoms with Crippen molar-refractivity contribution in [2.75, 3.05) is 7.11 Å². The van der Waals surface area contributed by atoms with E-state index in [0.29, 0.717) is 17.9 Å². The van der Waals surface area contributed by atoms with Gasteiger partial charge in [-0.25, -0.2) is 0 Å². The van der Waals surface area contributed by atoms with Gasteiger partial charge in [-0.15, -0.1) is 0 Å². The van der Waals surface area contributed by atoms with E-state index >= 15 is 0 Å². The molecule has 3 rings (SSSR count). The van der Waals surface area contributed by atoms with Crippen molar-refractivity contribution in [3.8, 4) is 17.0 Å². The number of nitrogens with zero attached hydrogens (tertiary/aromatic N) is 1. The Labute approximate surface area is 175 Å². The second kappa shape index (κ2) is 9.73. The molecule has 0 aliphatic rings. The van der Waals surface area contributed by atoms with Crippen molar-refractivity contribution in [3.63, 3.8) is 0 Å². The van der Waals surface area contributed by atoms with Crippen LogP contribution in [0.5, 0.6) is 5.75 Å². The quantitative estimate of drug-likeness (QED) is 0.535. The molecule has 3 N–H and O–H groups in total. The molecular weight excluding hydrogens is 380 g/mol. The minimum absolute atomic E-state index is 0.0602. The highest BCUT2D eigenvalue weighted by atomic mass is 16.5. The molecule has 7 heteroatoms. The van der Waals surface area contributed by atoms with Gasteiger partial charge in [0.2, 0.25) is 5.91 Å². The number of ether oxygens (including phenoxy) is 1. The highest BCUT2D eigenvalue weighted by molar-refractivity contribution is 5.97. The number of amides is 2. The molecule has 0 bridgehead atoms. The largest absolute Gasteiger partial charge is 0.497 e. The summed E-state index contributed by atoms with van der Waals surface area (Å²) in [6.45, 7) is 4.18. The summed E-state index contributed by atoms with van der Waals surface area (Å²) in [6.07, 6.45) is 1.70. The molecule has 1 aromatic heterocycles. The Hall–Kier alpha value is -3.61. The molecule has 0 aliphatic heterocycles. The first kappa shape index (κ1) is 21.1. The Morgan fingerprint density at radius 3 is 2.30 bits per heavy atom. The summed E-state index contributed by atoms with van der Waals surface area (Å²) < 4.78 is 5.11. The molecule has 0 fully saturated rings. The predicted molar refractivity (Wildman–Crippen MR) is 115 cm³/mol. The van der Waals surface area contributed by atoms with Crippen molar-refractivity contribution in [1.82, 2.24) is 20.8 Å². The average Bonchev–Trinajstić information content (AvgIpc) is 3.31. The lowest BCUT2D eigenvalue weighted by Gasteiger charge is -2.22. The first-order valence-corrected chi connectivity index (χ1v) is 9.79. The number of H-pyrrole nitrogens is 1. The third-order valence-electron chi connectivity index (χ3n) is 4.82. The molecule has 0 saturated carbocycles. The van der Waals surface area contributed by atoms with Crippen LogP contribution in [0, 0.1) is 5.92 Å². The second-order valence-corrected chi connectivity index (χ2v) is 7.31. The number of aromatic amines is 1. The van der Waals surface area contributed by atoms with Gasteiger partial charge in [-0.3, -0.25) is 14.7 Å². The normalized spacial score (nSPS) is 11.7. The van der Waals surface area contributed by atoms with Gasteiger partial charge in [-0.2, -0.15) is 5.10 Å². The second-order valence-electron chi connectivity index (χ2n) is 7.31. The molecule has 0 radical (unpaired) electrons. The van der Waals surface area contributed by atoms with Gasteiger partial charge in [0, 0.05) is 18.3 Å². The van der Waals surface area contributed by atoms with E-state index in [4.69, 9.17) is 4.74 Å². The smallest absolute Gasteiger partial charge is 0.251 e. The SMILES string of the molecule is COc1ccc(C(=O)NC(C(=O)NCc2ccc(-c3ccn[nH]3)cc2)C(C)C)cc1. The van der Waals surface area contributed by atoms with Crippen LogP contribution in [0.3, 0.4) is 0 Å². The number of hydrogen-bond donors (Lipinski definition) is 3. The highest BCUT2D eigenvalue weighted by Crippen LogP contribution is 2.17. The van der Waals surface area contributed by atoms with Gasteiger partial charge >= 0.3 is 0 Å². The summed E-state index contributed by atoms with van der Waals surface area (Å²) in [5, 5.41) is 12.6. The number of carbonyl (C=O) groups excluding carboxylic acids is 2. The number of rotatable bonds is 8.